The molecule has 0 unspecified atom stereocenters. The lowest BCUT2D eigenvalue weighted by Gasteiger charge is -2.13. The Hall–Kier alpha value is -2.05. The number of carbonyl (C=O) groups is 2. The van der Waals surface area contributed by atoms with Crippen LogP contribution >= 0.6 is 27.5 Å². The Morgan fingerprint density at radius 3 is 2.44 bits per heavy atom. The predicted octanol–water partition coefficient (Wildman–Crippen LogP) is 4.36. The van der Waals surface area contributed by atoms with Crippen LogP contribution in [0.15, 0.2) is 46.9 Å². The van der Waals surface area contributed by atoms with Gasteiger partial charge in [-0.15, -0.1) is 0 Å². The van der Waals surface area contributed by atoms with Crippen LogP contribution in [0, 0.1) is 0 Å². The van der Waals surface area contributed by atoms with Gasteiger partial charge in [0.1, 0.15) is 5.75 Å². The van der Waals surface area contributed by atoms with Crippen LogP contribution in [0.25, 0.3) is 0 Å². The Kier molecular flexibility index (Phi) is 7.28. The first-order chi connectivity index (χ1) is 12.0. The number of hydrogen-bond donors (Lipinski definition) is 2. The molecule has 0 aliphatic heterocycles. The van der Waals surface area contributed by atoms with Gasteiger partial charge in [0.15, 0.2) is 0 Å². The lowest BCUT2D eigenvalue weighted by molar-refractivity contribution is 0.0844. The maximum Gasteiger partial charge on any atom is 0.273 e. The molecule has 25 heavy (non-hydrogen) atoms. The first-order valence-electron chi connectivity index (χ1n) is 7.80. The summed E-state index contributed by atoms with van der Waals surface area (Å²) in [7, 11) is 0. The summed E-state index contributed by atoms with van der Waals surface area (Å²) in [6.45, 7) is 2.58. The number of rotatable bonds is 6. The molecule has 0 spiro atoms. The number of unbranched alkanes of at least 4 members (excludes halogenated alkanes) is 1. The quantitative estimate of drug-likeness (QED) is 0.534. The van der Waals surface area contributed by atoms with E-state index in [1.54, 1.807) is 42.5 Å². The van der Waals surface area contributed by atoms with Gasteiger partial charge in [-0.1, -0.05) is 53.0 Å². The summed E-state index contributed by atoms with van der Waals surface area (Å²) >= 11 is 9.30. The molecule has 5 nitrogen and oxygen atoms in total. The summed E-state index contributed by atoms with van der Waals surface area (Å²) in [6, 6.07) is 11.7. The van der Waals surface area contributed by atoms with Gasteiger partial charge in [-0.2, -0.15) is 0 Å². The van der Waals surface area contributed by atoms with Gasteiger partial charge < -0.3 is 4.74 Å². The molecular formula is C18H18BrClN2O3. The minimum absolute atomic E-state index is 0.276. The van der Waals surface area contributed by atoms with Crippen LogP contribution in [-0.4, -0.2) is 18.4 Å². The van der Waals surface area contributed by atoms with Crippen LogP contribution in [0.5, 0.6) is 5.75 Å². The Bertz CT molecular complexity index is 768. The molecule has 0 saturated carbocycles. The summed E-state index contributed by atoms with van der Waals surface area (Å²) in [4.78, 5) is 24.5. The second-order valence-electron chi connectivity index (χ2n) is 5.23. The zero-order valence-corrected chi connectivity index (χ0v) is 16.0. The number of amides is 2. The molecule has 2 amide bonds. The van der Waals surface area contributed by atoms with Crippen molar-refractivity contribution < 1.29 is 14.3 Å². The average Bonchev–Trinajstić information content (AvgIpc) is 2.61. The first-order valence-corrected chi connectivity index (χ1v) is 8.97. The second kappa shape index (κ2) is 9.44. The predicted molar refractivity (Wildman–Crippen MR) is 101 cm³/mol. The van der Waals surface area contributed by atoms with E-state index < -0.39 is 11.8 Å². The number of benzene rings is 2. The highest BCUT2D eigenvalue weighted by Gasteiger charge is 2.15. The summed E-state index contributed by atoms with van der Waals surface area (Å²) in [5.74, 6) is -0.517. The Morgan fingerprint density at radius 1 is 1.08 bits per heavy atom. The van der Waals surface area contributed by atoms with Gasteiger partial charge >= 0.3 is 0 Å². The zero-order valence-electron chi connectivity index (χ0n) is 13.6. The number of carbonyl (C=O) groups excluding carboxylic acids is 2. The SMILES string of the molecule is CCCCOc1ccc(Br)cc1C(=O)NNC(=O)c1ccccc1Cl. The summed E-state index contributed by atoms with van der Waals surface area (Å²) in [6.07, 6.45) is 1.88. The van der Waals surface area contributed by atoms with Crippen molar-refractivity contribution in [3.8, 4) is 5.75 Å². The molecule has 2 rings (SSSR count). The standard InChI is InChI=1S/C18H18BrClN2O3/c1-2-3-10-25-16-9-8-12(19)11-14(16)18(24)22-21-17(23)13-6-4-5-7-15(13)20/h4-9,11H,2-3,10H2,1H3,(H,21,23)(H,22,24). The molecule has 2 aromatic rings. The Morgan fingerprint density at radius 2 is 1.76 bits per heavy atom. The van der Waals surface area contributed by atoms with E-state index in [-0.39, 0.29) is 5.56 Å². The van der Waals surface area contributed by atoms with Crippen molar-refractivity contribution >= 4 is 39.3 Å². The molecule has 0 aliphatic rings. The molecule has 0 aromatic heterocycles. The van der Waals surface area contributed by atoms with Crippen molar-refractivity contribution in [2.75, 3.05) is 6.61 Å². The minimum Gasteiger partial charge on any atom is -0.493 e. The normalized spacial score (nSPS) is 10.2. The van der Waals surface area contributed by atoms with Crippen molar-refractivity contribution in [2.24, 2.45) is 0 Å². The topological polar surface area (TPSA) is 67.4 Å². The molecule has 0 atom stereocenters. The smallest absolute Gasteiger partial charge is 0.273 e. The van der Waals surface area contributed by atoms with E-state index in [0.717, 1.165) is 17.3 Å². The highest BCUT2D eigenvalue weighted by molar-refractivity contribution is 9.10. The number of ether oxygens (including phenoxy) is 1. The molecule has 2 aromatic carbocycles. The third kappa shape index (κ3) is 5.47. The van der Waals surface area contributed by atoms with E-state index in [0.29, 0.717) is 22.9 Å². The van der Waals surface area contributed by atoms with Gasteiger partial charge in [0.25, 0.3) is 11.8 Å². The van der Waals surface area contributed by atoms with Crippen LogP contribution in [0.1, 0.15) is 40.5 Å². The van der Waals surface area contributed by atoms with E-state index in [2.05, 4.69) is 33.7 Å². The first kappa shape index (κ1) is 19.3. The number of hydrazine groups is 1. The van der Waals surface area contributed by atoms with E-state index in [1.807, 2.05) is 0 Å². The maximum absolute atomic E-state index is 12.4. The molecule has 7 heteroatoms. The summed E-state index contributed by atoms with van der Waals surface area (Å²) < 4.78 is 6.38. The third-order valence-electron chi connectivity index (χ3n) is 3.35. The van der Waals surface area contributed by atoms with Gasteiger partial charge in [0.2, 0.25) is 0 Å². The zero-order chi connectivity index (χ0) is 18.2. The van der Waals surface area contributed by atoms with E-state index in [4.69, 9.17) is 16.3 Å². The highest BCUT2D eigenvalue weighted by Crippen LogP contribution is 2.23. The van der Waals surface area contributed by atoms with Crippen LogP contribution < -0.4 is 15.6 Å². The summed E-state index contributed by atoms with van der Waals surface area (Å²) in [5.41, 5.74) is 5.34. The third-order valence-corrected chi connectivity index (χ3v) is 4.17. The fraction of sp³-hybridized carbons (Fsp3) is 0.222. The van der Waals surface area contributed by atoms with Crippen LogP contribution in [0.3, 0.4) is 0 Å². The molecule has 2 N–H and O–H groups in total. The fourth-order valence-electron chi connectivity index (χ4n) is 2.03. The van der Waals surface area contributed by atoms with Crippen molar-refractivity contribution in [2.45, 2.75) is 19.8 Å². The largest absolute Gasteiger partial charge is 0.493 e. The van der Waals surface area contributed by atoms with Crippen LogP contribution in [-0.2, 0) is 0 Å². The van der Waals surface area contributed by atoms with Crippen LogP contribution in [0.4, 0.5) is 0 Å². The van der Waals surface area contributed by atoms with Gasteiger partial charge in [-0.05, 0) is 36.8 Å². The monoisotopic (exact) mass is 424 g/mol. The lowest BCUT2D eigenvalue weighted by atomic mass is 10.2. The Labute approximate surface area is 159 Å². The van der Waals surface area contributed by atoms with E-state index >= 15 is 0 Å². The van der Waals surface area contributed by atoms with Crippen molar-refractivity contribution in [1.29, 1.82) is 0 Å². The lowest BCUT2D eigenvalue weighted by Crippen LogP contribution is -2.41. The highest BCUT2D eigenvalue weighted by atomic mass is 79.9. The molecular weight excluding hydrogens is 408 g/mol. The van der Waals surface area contributed by atoms with E-state index in [1.165, 1.54) is 0 Å². The molecule has 0 aliphatic carbocycles. The number of halogens is 2. The molecule has 0 bridgehead atoms. The fourth-order valence-corrected chi connectivity index (χ4v) is 2.61. The second-order valence-corrected chi connectivity index (χ2v) is 6.55. The van der Waals surface area contributed by atoms with Gasteiger partial charge in [-0.25, -0.2) is 0 Å². The average molecular weight is 426 g/mol. The Balaban J connectivity index is 2.06. The molecule has 0 saturated heterocycles. The van der Waals surface area contributed by atoms with Gasteiger partial charge in [-0.3, -0.25) is 20.4 Å². The summed E-state index contributed by atoms with van der Waals surface area (Å²) in [5, 5.41) is 0.306. The van der Waals surface area contributed by atoms with Crippen molar-refractivity contribution in [3.63, 3.8) is 0 Å². The van der Waals surface area contributed by atoms with Gasteiger partial charge in [0, 0.05) is 4.47 Å². The van der Waals surface area contributed by atoms with E-state index in [9.17, 15) is 9.59 Å². The number of nitrogens with one attached hydrogen (secondary N) is 2. The van der Waals surface area contributed by atoms with Gasteiger partial charge in [0.05, 0.1) is 22.8 Å². The molecule has 0 fully saturated rings. The number of hydrogen-bond acceptors (Lipinski definition) is 3. The molecule has 0 radical (unpaired) electrons. The minimum atomic E-state index is -0.498. The van der Waals surface area contributed by atoms with Crippen LogP contribution in [0.2, 0.25) is 5.02 Å². The van der Waals surface area contributed by atoms with Crippen molar-refractivity contribution in [1.82, 2.24) is 10.9 Å². The maximum atomic E-state index is 12.4. The molecule has 132 valence electrons. The van der Waals surface area contributed by atoms with Crippen molar-refractivity contribution in [3.05, 3.63) is 63.1 Å². The molecule has 0 heterocycles.